The van der Waals surface area contributed by atoms with Gasteiger partial charge in [0.2, 0.25) is 5.91 Å². The number of benzene rings is 1. The first kappa shape index (κ1) is 7.35. The van der Waals surface area contributed by atoms with E-state index in [9.17, 15) is 4.79 Å². The molecule has 1 amide bonds. The fraction of sp³-hybridized carbons (Fsp3) is 0.300. The molecule has 1 heterocycles. The van der Waals surface area contributed by atoms with Crippen LogP contribution in [0.1, 0.15) is 24.8 Å². The van der Waals surface area contributed by atoms with E-state index in [0.717, 1.165) is 5.69 Å². The van der Waals surface area contributed by atoms with E-state index in [1.165, 1.54) is 5.56 Å². The van der Waals surface area contributed by atoms with Crippen molar-refractivity contribution in [3.8, 4) is 0 Å². The molecular formula is C10H11NO. The van der Waals surface area contributed by atoms with Crippen molar-refractivity contribution in [2.75, 3.05) is 5.32 Å². The van der Waals surface area contributed by atoms with Crippen molar-refractivity contribution in [3.63, 3.8) is 0 Å². The summed E-state index contributed by atoms with van der Waals surface area (Å²) < 4.78 is 0. The third-order valence-corrected chi connectivity index (χ3v) is 2.26. The number of hydrogen-bond donors (Lipinski definition) is 1. The lowest BCUT2D eigenvalue weighted by molar-refractivity contribution is -0.116. The highest BCUT2D eigenvalue weighted by Crippen LogP contribution is 2.30. The summed E-state index contributed by atoms with van der Waals surface area (Å²) in [5, 5.41) is 2.85. The average molecular weight is 161 g/mol. The minimum Gasteiger partial charge on any atom is -0.326 e. The number of amides is 1. The van der Waals surface area contributed by atoms with Gasteiger partial charge in [0.15, 0.2) is 0 Å². The lowest BCUT2D eigenvalue weighted by atomic mass is 9.92. The topological polar surface area (TPSA) is 29.1 Å². The van der Waals surface area contributed by atoms with Gasteiger partial charge in [-0.25, -0.2) is 0 Å². The van der Waals surface area contributed by atoms with Crippen molar-refractivity contribution in [1.29, 1.82) is 0 Å². The van der Waals surface area contributed by atoms with Crippen LogP contribution >= 0.6 is 0 Å². The Kier molecular flexibility index (Phi) is 1.61. The fourth-order valence-electron chi connectivity index (χ4n) is 1.63. The molecule has 1 aromatic rings. The first-order valence-corrected chi connectivity index (χ1v) is 4.16. The molecule has 2 nitrogen and oxygen atoms in total. The largest absolute Gasteiger partial charge is 0.326 e. The Morgan fingerprint density at radius 1 is 1.42 bits per heavy atom. The Morgan fingerprint density at radius 3 is 3.00 bits per heavy atom. The van der Waals surface area contributed by atoms with E-state index in [1.54, 1.807) is 0 Å². The Morgan fingerprint density at radius 2 is 2.17 bits per heavy atom. The summed E-state index contributed by atoms with van der Waals surface area (Å²) in [4.78, 5) is 11.1. The predicted octanol–water partition coefficient (Wildman–Crippen LogP) is 2.13. The molecule has 12 heavy (non-hydrogen) atoms. The van der Waals surface area contributed by atoms with Gasteiger partial charge in [-0.1, -0.05) is 25.1 Å². The Labute approximate surface area is 71.6 Å². The molecule has 0 radical (unpaired) electrons. The zero-order chi connectivity index (χ0) is 8.55. The summed E-state index contributed by atoms with van der Waals surface area (Å²) in [7, 11) is 0. The third kappa shape index (κ3) is 1.09. The molecule has 0 aromatic heterocycles. The van der Waals surface area contributed by atoms with Gasteiger partial charge in [0.25, 0.3) is 0 Å². The van der Waals surface area contributed by atoms with Gasteiger partial charge in [0, 0.05) is 12.1 Å². The first-order valence-electron chi connectivity index (χ1n) is 4.16. The molecule has 0 spiro atoms. The monoisotopic (exact) mass is 161 g/mol. The van der Waals surface area contributed by atoms with Crippen LogP contribution in [0.25, 0.3) is 0 Å². The lowest BCUT2D eigenvalue weighted by Gasteiger charge is -2.21. The summed E-state index contributed by atoms with van der Waals surface area (Å²) in [5.74, 6) is 0.483. The fourth-order valence-corrected chi connectivity index (χ4v) is 1.63. The van der Waals surface area contributed by atoms with Crippen molar-refractivity contribution in [2.24, 2.45) is 0 Å². The van der Waals surface area contributed by atoms with Crippen molar-refractivity contribution < 1.29 is 4.79 Å². The predicted molar refractivity (Wildman–Crippen MR) is 48.1 cm³/mol. The van der Waals surface area contributed by atoms with E-state index in [1.807, 2.05) is 18.2 Å². The van der Waals surface area contributed by atoms with E-state index >= 15 is 0 Å². The number of nitrogens with one attached hydrogen (secondary N) is 1. The Balaban J connectivity index is 2.47. The second-order valence-corrected chi connectivity index (χ2v) is 3.24. The van der Waals surface area contributed by atoms with Crippen molar-refractivity contribution in [1.82, 2.24) is 0 Å². The number of fused-ring (bicyclic) bond motifs is 1. The quantitative estimate of drug-likeness (QED) is 0.620. The smallest absolute Gasteiger partial charge is 0.224 e. The molecule has 0 bridgehead atoms. The van der Waals surface area contributed by atoms with Crippen molar-refractivity contribution >= 4 is 11.6 Å². The lowest BCUT2D eigenvalue weighted by Crippen LogP contribution is -2.21. The van der Waals surface area contributed by atoms with E-state index < -0.39 is 0 Å². The van der Waals surface area contributed by atoms with Crippen LogP contribution in [-0.4, -0.2) is 5.91 Å². The average Bonchev–Trinajstić information content (AvgIpc) is 2.04. The number of carbonyl (C=O) groups excluding carboxylic acids is 1. The van der Waals surface area contributed by atoms with Crippen LogP contribution in [0.5, 0.6) is 0 Å². The Bertz CT molecular complexity index is 319. The zero-order valence-corrected chi connectivity index (χ0v) is 7.00. The van der Waals surface area contributed by atoms with E-state index in [4.69, 9.17) is 0 Å². The number of rotatable bonds is 0. The number of anilines is 1. The van der Waals surface area contributed by atoms with Crippen LogP contribution in [0, 0.1) is 0 Å². The van der Waals surface area contributed by atoms with Crippen LogP contribution in [-0.2, 0) is 4.79 Å². The van der Waals surface area contributed by atoms with Crippen LogP contribution in [0.15, 0.2) is 24.3 Å². The molecule has 0 saturated heterocycles. The minimum atomic E-state index is 0.126. The number of hydrogen-bond acceptors (Lipinski definition) is 1. The second kappa shape index (κ2) is 2.63. The number of para-hydroxylation sites is 1. The maximum absolute atomic E-state index is 11.1. The zero-order valence-electron chi connectivity index (χ0n) is 7.00. The summed E-state index contributed by atoms with van der Waals surface area (Å²) in [6.07, 6.45) is 0.608. The van der Waals surface area contributed by atoms with Gasteiger partial charge in [-0.05, 0) is 17.5 Å². The molecule has 0 saturated carbocycles. The molecule has 2 heteroatoms. The standard InChI is InChI=1S/C10H11NO/c1-7-6-10(12)11-9-5-3-2-4-8(7)9/h2-5,7H,6H2,1H3,(H,11,12)/t7-/m1/s1. The van der Waals surface area contributed by atoms with Gasteiger partial charge < -0.3 is 5.32 Å². The molecule has 0 fully saturated rings. The molecule has 62 valence electrons. The van der Waals surface area contributed by atoms with Crippen LogP contribution in [0.2, 0.25) is 0 Å². The van der Waals surface area contributed by atoms with Crippen molar-refractivity contribution in [3.05, 3.63) is 29.8 Å². The Hall–Kier alpha value is -1.31. The maximum atomic E-state index is 11.1. The molecule has 1 aromatic carbocycles. The highest BCUT2D eigenvalue weighted by Gasteiger charge is 2.20. The van der Waals surface area contributed by atoms with Crippen molar-refractivity contribution in [2.45, 2.75) is 19.3 Å². The van der Waals surface area contributed by atoms with E-state index in [-0.39, 0.29) is 5.91 Å². The van der Waals surface area contributed by atoms with Gasteiger partial charge in [-0.3, -0.25) is 4.79 Å². The van der Waals surface area contributed by atoms with Crippen LogP contribution in [0.3, 0.4) is 0 Å². The molecular weight excluding hydrogens is 150 g/mol. The summed E-state index contributed by atoms with van der Waals surface area (Å²) in [6.45, 7) is 2.08. The van der Waals surface area contributed by atoms with Gasteiger partial charge in [-0.15, -0.1) is 0 Å². The first-order chi connectivity index (χ1) is 5.77. The van der Waals surface area contributed by atoms with E-state index in [2.05, 4.69) is 18.3 Å². The SMILES string of the molecule is C[C@@H]1CC(=O)Nc2ccccc21. The third-order valence-electron chi connectivity index (χ3n) is 2.26. The summed E-state index contributed by atoms with van der Waals surface area (Å²) in [5.41, 5.74) is 2.22. The highest BCUT2D eigenvalue weighted by molar-refractivity contribution is 5.94. The molecule has 1 aliphatic heterocycles. The number of carbonyl (C=O) groups is 1. The van der Waals surface area contributed by atoms with Crippen LogP contribution in [0.4, 0.5) is 5.69 Å². The maximum Gasteiger partial charge on any atom is 0.224 e. The molecule has 1 N–H and O–H groups in total. The summed E-state index contributed by atoms with van der Waals surface area (Å²) >= 11 is 0. The molecule has 1 atom stereocenters. The van der Waals surface area contributed by atoms with E-state index in [0.29, 0.717) is 12.3 Å². The molecule has 0 unspecified atom stereocenters. The normalized spacial score (nSPS) is 21.4. The highest BCUT2D eigenvalue weighted by atomic mass is 16.1. The van der Waals surface area contributed by atoms with Gasteiger partial charge in [0.05, 0.1) is 0 Å². The van der Waals surface area contributed by atoms with Gasteiger partial charge in [0.1, 0.15) is 0 Å². The minimum absolute atomic E-state index is 0.126. The van der Waals surface area contributed by atoms with Crippen LogP contribution < -0.4 is 5.32 Å². The molecule has 0 aliphatic carbocycles. The summed E-state index contributed by atoms with van der Waals surface area (Å²) in [6, 6.07) is 7.96. The molecule has 2 rings (SSSR count). The second-order valence-electron chi connectivity index (χ2n) is 3.24. The van der Waals surface area contributed by atoms with Gasteiger partial charge >= 0.3 is 0 Å². The molecule has 1 aliphatic rings. The van der Waals surface area contributed by atoms with Gasteiger partial charge in [-0.2, -0.15) is 0 Å².